The normalized spacial score (nSPS) is 12.3. The maximum absolute atomic E-state index is 13.2. The van der Waals surface area contributed by atoms with E-state index in [4.69, 9.17) is 9.47 Å². The Labute approximate surface area is 181 Å². The molecule has 1 aliphatic heterocycles. The number of ether oxygens (including phenoxy) is 2. The number of carbonyl (C=O) groups is 1. The second-order valence-corrected chi connectivity index (χ2v) is 7.95. The molecule has 0 aliphatic carbocycles. The topological polar surface area (TPSA) is 80.9 Å². The van der Waals surface area contributed by atoms with Crippen molar-refractivity contribution >= 4 is 5.97 Å². The van der Waals surface area contributed by atoms with Crippen molar-refractivity contribution in [3.8, 4) is 39.6 Å². The lowest BCUT2D eigenvalue weighted by atomic mass is 9.92. The van der Waals surface area contributed by atoms with Gasteiger partial charge >= 0.3 is 5.97 Å². The molecule has 0 amide bonds. The number of carbonyl (C=O) groups excluding carboxylic acids is 1. The Kier molecular flexibility index (Phi) is 5.17. The zero-order chi connectivity index (χ0) is 22.4. The van der Waals surface area contributed by atoms with E-state index in [2.05, 4.69) is 4.57 Å². The number of nitrogens with zero attached hydrogens (tertiary/aromatic N) is 1. The van der Waals surface area contributed by atoms with Gasteiger partial charge in [-0.25, -0.2) is 4.79 Å². The van der Waals surface area contributed by atoms with Crippen LogP contribution < -0.4 is 4.74 Å². The Balaban J connectivity index is 2.06. The van der Waals surface area contributed by atoms with Crippen molar-refractivity contribution in [2.24, 2.45) is 0 Å². The largest absolute Gasteiger partial charge is 0.507 e. The lowest BCUT2D eigenvalue weighted by Crippen LogP contribution is -2.14. The molecule has 3 aromatic rings. The van der Waals surface area contributed by atoms with Gasteiger partial charge in [0.05, 0.1) is 25.0 Å². The monoisotopic (exact) mass is 421 g/mol. The molecule has 0 unspecified atom stereocenters. The van der Waals surface area contributed by atoms with E-state index < -0.39 is 5.97 Å². The summed E-state index contributed by atoms with van der Waals surface area (Å²) < 4.78 is 12.9. The molecule has 6 heteroatoms. The van der Waals surface area contributed by atoms with Crippen molar-refractivity contribution in [2.45, 2.75) is 40.7 Å². The van der Waals surface area contributed by atoms with Gasteiger partial charge in [0.2, 0.25) is 0 Å². The minimum atomic E-state index is -0.402. The molecule has 0 atom stereocenters. The summed E-state index contributed by atoms with van der Waals surface area (Å²) in [6.07, 6.45) is 0.754. The number of phenols is 2. The lowest BCUT2D eigenvalue weighted by molar-refractivity contribution is 0.0528. The molecule has 31 heavy (non-hydrogen) atoms. The minimum absolute atomic E-state index is 0.0289. The van der Waals surface area contributed by atoms with Gasteiger partial charge in [0.25, 0.3) is 0 Å². The second-order valence-electron chi connectivity index (χ2n) is 7.95. The number of hydrogen-bond acceptors (Lipinski definition) is 5. The average Bonchev–Trinajstić information content (AvgIpc) is 3.04. The van der Waals surface area contributed by atoms with Crippen LogP contribution in [0.4, 0.5) is 0 Å². The molecule has 0 bridgehead atoms. The number of hydrogen-bond donors (Lipinski definition) is 2. The molecular weight excluding hydrogens is 394 g/mol. The predicted octanol–water partition coefficient (Wildman–Crippen LogP) is 4.90. The highest BCUT2D eigenvalue weighted by atomic mass is 16.5. The summed E-state index contributed by atoms with van der Waals surface area (Å²) >= 11 is 0. The molecule has 1 aromatic heterocycles. The SMILES string of the molecule is CCOC(=O)c1c(-c2cc(C)c(O)c(C)c2)c(C)n2c1-c1cc(O)c(OC)cc1CC2. The highest BCUT2D eigenvalue weighted by molar-refractivity contribution is 6.05. The number of phenolic OH excluding ortho intramolecular Hbond substituents is 2. The number of esters is 1. The third kappa shape index (κ3) is 3.23. The molecule has 162 valence electrons. The molecule has 1 aliphatic rings. The Morgan fingerprint density at radius 3 is 2.39 bits per heavy atom. The molecule has 6 nitrogen and oxygen atoms in total. The Morgan fingerprint density at radius 1 is 1.10 bits per heavy atom. The number of benzene rings is 2. The van der Waals surface area contributed by atoms with Gasteiger partial charge in [-0.2, -0.15) is 0 Å². The maximum atomic E-state index is 13.2. The fourth-order valence-electron chi connectivity index (χ4n) is 4.59. The first-order valence-electron chi connectivity index (χ1n) is 10.4. The third-order valence-electron chi connectivity index (χ3n) is 6.05. The van der Waals surface area contributed by atoms with Crippen LogP contribution in [0.3, 0.4) is 0 Å². The Bertz CT molecular complexity index is 1180. The first kappa shape index (κ1) is 20.8. The zero-order valence-electron chi connectivity index (χ0n) is 18.5. The molecule has 4 rings (SSSR count). The second kappa shape index (κ2) is 7.69. The van der Waals surface area contributed by atoms with E-state index in [9.17, 15) is 15.0 Å². The molecule has 0 fully saturated rings. The summed E-state index contributed by atoms with van der Waals surface area (Å²) in [7, 11) is 1.52. The van der Waals surface area contributed by atoms with Gasteiger partial charge in [-0.05, 0) is 80.6 Å². The number of fused-ring (bicyclic) bond motifs is 3. The summed E-state index contributed by atoms with van der Waals surface area (Å²) in [5, 5.41) is 20.7. The third-order valence-corrected chi connectivity index (χ3v) is 6.05. The minimum Gasteiger partial charge on any atom is -0.507 e. The summed E-state index contributed by atoms with van der Waals surface area (Å²) in [5.41, 5.74) is 7.13. The van der Waals surface area contributed by atoms with Gasteiger partial charge < -0.3 is 24.3 Å². The summed E-state index contributed by atoms with van der Waals surface area (Å²) in [6.45, 7) is 8.43. The number of rotatable bonds is 4. The van der Waals surface area contributed by atoms with E-state index in [1.165, 1.54) is 7.11 Å². The van der Waals surface area contributed by atoms with Crippen LogP contribution in [0, 0.1) is 20.8 Å². The number of aromatic nitrogens is 1. The standard InChI is InChI=1S/C25H27NO5/c1-6-31-25(29)22-21(17-9-13(2)24(28)14(3)10-17)15(4)26-8-7-16-11-20(30-5)19(27)12-18(16)23(22)26/h9-12,27-28H,6-8H2,1-5H3. The van der Waals surface area contributed by atoms with E-state index in [0.29, 0.717) is 17.9 Å². The van der Waals surface area contributed by atoms with Crippen LogP contribution in [-0.2, 0) is 17.7 Å². The molecule has 0 spiro atoms. The molecule has 0 radical (unpaired) electrons. The maximum Gasteiger partial charge on any atom is 0.340 e. The van der Waals surface area contributed by atoms with Crippen molar-refractivity contribution in [2.75, 3.05) is 13.7 Å². The first-order valence-corrected chi connectivity index (χ1v) is 10.4. The average molecular weight is 421 g/mol. The Morgan fingerprint density at radius 2 is 1.77 bits per heavy atom. The molecule has 0 saturated carbocycles. The van der Waals surface area contributed by atoms with E-state index in [1.54, 1.807) is 13.0 Å². The van der Waals surface area contributed by atoms with Crippen molar-refractivity contribution < 1.29 is 24.5 Å². The van der Waals surface area contributed by atoms with Crippen molar-refractivity contribution in [1.29, 1.82) is 0 Å². The van der Waals surface area contributed by atoms with E-state index in [-0.39, 0.29) is 18.1 Å². The summed E-state index contributed by atoms with van der Waals surface area (Å²) in [4.78, 5) is 13.2. The fraction of sp³-hybridized carbons (Fsp3) is 0.320. The van der Waals surface area contributed by atoms with Crippen molar-refractivity contribution in [3.05, 3.63) is 52.2 Å². The van der Waals surface area contributed by atoms with Crippen LogP contribution in [-0.4, -0.2) is 34.5 Å². The van der Waals surface area contributed by atoms with Crippen LogP contribution in [0.25, 0.3) is 22.4 Å². The summed E-state index contributed by atoms with van der Waals surface area (Å²) in [6, 6.07) is 7.29. The lowest BCUT2D eigenvalue weighted by Gasteiger charge is -2.22. The fourth-order valence-corrected chi connectivity index (χ4v) is 4.59. The van der Waals surface area contributed by atoms with Gasteiger partial charge in [-0.3, -0.25) is 0 Å². The highest BCUT2D eigenvalue weighted by Gasteiger charge is 2.32. The van der Waals surface area contributed by atoms with Crippen LogP contribution in [0.1, 0.15) is 39.7 Å². The van der Waals surface area contributed by atoms with E-state index >= 15 is 0 Å². The van der Waals surface area contributed by atoms with Gasteiger partial charge in [0.1, 0.15) is 5.75 Å². The molecule has 2 N–H and O–H groups in total. The van der Waals surface area contributed by atoms with E-state index in [1.807, 2.05) is 39.0 Å². The Hall–Kier alpha value is -3.41. The molecule has 0 saturated heterocycles. The van der Waals surface area contributed by atoms with Gasteiger partial charge in [-0.15, -0.1) is 0 Å². The van der Waals surface area contributed by atoms with Gasteiger partial charge in [0, 0.05) is 23.4 Å². The van der Waals surface area contributed by atoms with Crippen LogP contribution in [0.2, 0.25) is 0 Å². The van der Waals surface area contributed by atoms with Gasteiger partial charge in [-0.1, -0.05) is 0 Å². The highest BCUT2D eigenvalue weighted by Crippen LogP contribution is 2.45. The zero-order valence-corrected chi connectivity index (χ0v) is 18.5. The van der Waals surface area contributed by atoms with Crippen LogP contribution in [0.5, 0.6) is 17.2 Å². The quantitative estimate of drug-likeness (QED) is 0.586. The van der Waals surface area contributed by atoms with Crippen LogP contribution in [0.15, 0.2) is 24.3 Å². The number of methoxy groups -OCH3 is 1. The van der Waals surface area contributed by atoms with Gasteiger partial charge in [0.15, 0.2) is 11.5 Å². The number of aromatic hydroxyl groups is 2. The molecule has 2 aromatic carbocycles. The predicted molar refractivity (Wildman–Crippen MR) is 119 cm³/mol. The van der Waals surface area contributed by atoms with Crippen molar-refractivity contribution in [3.63, 3.8) is 0 Å². The smallest absolute Gasteiger partial charge is 0.340 e. The summed E-state index contributed by atoms with van der Waals surface area (Å²) in [5.74, 6) is 0.297. The molecule has 2 heterocycles. The van der Waals surface area contributed by atoms with Crippen LogP contribution >= 0.6 is 0 Å². The number of aryl methyl sites for hydroxylation is 3. The van der Waals surface area contributed by atoms with E-state index in [0.717, 1.165) is 51.2 Å². The first-order chi connectivity index (χ1) is 14.8. The van der Waals surface area contributed by atoms with Crippen molar-refractivity contribution in [1.82, 2.24) is 4.57 Å². The molecular formula is C25H27NO5.